The first-order chi connectivity index (χ1) is 12.0. The number of ether oxygens (including phenoxy) is 1. The lowest BCUT2D eigenvalue weighted by Crippen LogP contribution is -2.36. The van der Waals surface area contributed by atoms with Gasteiger partial charge >= 0.3 is 5.97 Å². The number of nitrogens with one attached hydrogen (secondary N) is 2. The predicted molar refractivity (Wildman–Crippen MR) is 94.2 cm³/mol. The summed E-state index contributed by atoms with van der Waals surface area (Å²) >= 11 is 5.91. The van der Waals surface area contributed by atoms with Crippen molar-refractivity contribution in [1.29, 1.82) is 0 Å². The van der Waals surface area contributed by atoms with Crippen molar-refractivity contribution >= 4 is 29.4 Å². The van der Waals surface area contributed by atoms with Gasteiger partial charge in [-0.15, -0.1) is 0 Å². The minimum atomic E-state index is -0.486. The molecule has 1 aromatic carbocycles. The van der Waals surface area contributed by atoms with Crippen LogP contribution in [0.4, 0.5) is 0 Å². The normalized spacial score (nSPS) is 18.0. The lowest BCUT2D eigenvalue weighted by atomic mass is 9.97. The van der Waals surface area contributed by atoms with Gasteiger partial charge in [0.25, 0.3) is 5.91 Å². The van der Waals surface area contributed by atoms with Crippen LogP contribution in [0.5, 0.6) is 0 Å². The molecule has 1 saturated heterocycles. The second-order valence-corrected chi connectivity index (χ2v) is 6.15. The standard InChI is InChI=1S/C18H21ClN2O4/c1-2-25-16(22)7-6-15(11-13-8-9-20-17(13)23)21-18(24)12-4-3-5-14(19)10-12/h3-7,10,13,15H,2,8-9,11H2,1H3,(H,20,23)(H,21,24)/b7-6+/t13-,15+/m0/s1. The van der Waals surface area contributed by atoms with Gasteiger partial charge < -0.3 is 15.4 Å². The number of amides is 2. The molecule has 0 radical (unpaired) electrons. The number of esters is 1. The molecule has 2 N–H and O–H groups in total. The monoisotopic (exact) mass is 364 g/mol. The topological polar surface area (TPSA) is 84.5 Å². The molecule has 1 aliphatic rings. The van der Waals surface area contributed by atoms with Gasteiger partial charge in [-0.25, -0.2) is 4.79 Å². The highest BCUT2D eigenvalue weighted by Crippen LogP contribution is 2.18. The van der Waals surface area contributed by atoms with Crippen molar-refractivity contribution in [2.45, 2.75) is 25.8 Å². The molecule has 0 bridgehead atoms. The van der Waals surface area contributed by atoms with Crippen LogP contribution >= 0.6 is 11.6 Å². The van der Waals surface area contributed by atoms with E-state index in [-0.39, 0.29) is 24.3 Å². The van der Waals surface area contributed by atoms with Crippen molar-refractivity contribution in [3.05, 3.63) is 47.0 Å². The maximum absolute atomic E-state index is 12.4. The molecule has 7 heteroatoms. The van der Waals surface area contributed by atoms with Gasteiger partial charge in [-0.2, -0.15) is 0 Å². The Morgan fingerprint density at radius 2 is 2.28 bits per heavy atom. The Balaban J connectivity index is 2.08. The van der Waals surface area contributed by atoms with Crippen molar-refractivity contribution in [2.24, 2.45) is 5.92 Å². The highest BCUT2D eigenvalue weighted by atomic mass is 35.5. The van der Waals surface area contributed by atoms with E-state index in [1.165, 1.54) is 6.08 Å². The molecule has 1 aromatic rings. The number of halogens is 1. The number of hydrogen-bond acceptors (Lipinski definition) is 4. The molecule has 1 aliphatic heterocycles. The average Bonchev–Trinajstić information content (AvgIpc) is 2.98. The predicted octanol–water partition coefficient (Wildman–Crippen LogP) is 2.08. The van der Waals surface area contributed by atoms with Crippen molar-refractivity contribution in [3.63, 3.8) is 0 Å². The molecular formula is C18H21ClN2O4. The SMILES string of the molecule is CCOC(=O)/C=C/[C@H](C[C@@H]1CCNC1=O)NC(=O)c1cccc(Cl)c1. The van der Waals surface area contributed by atoms with Crippen LogP contribution in [0.3, 0.4) is 0 Å². The Hall–Kier alpha value is -2.34. The number of hydrogen-bond donors (Lipinski definition) is 2. The molecule has 0 aromatic heterocycles. The van der Waals surface area contributed by atoms with Gasteiger partial charge in [-0.05, 0) is 38.0 Å². The van der Waals surface area contributed by atoms with Crippen LogP contribution in [-0.2, 0) is 14.3 Å². The maximum Gasteiger partial charge on any atom is 0.330 e. The summed E-state index contributed by atoms with van der Waals surface area (Å²) in [5, 5.41) is 6.06. The largest absolute Gasteiger partial charge is 0.463 e. The van der Waals surface area contributed by atoms with Gasteiger partial charge in [0.2, 0.25) is 5.91 Å². The molecule has 1 heterocycles. The van der Waals surface area contributed by atoms with E-state index in [0.717, 1.165) is 0 Å². The first kappa shape index (κ1) is 19.0. The maximum atomic E-state index is 12.4. The summed E-state index contributed by atoms with van der Waals surface area (Å²) in [5.41, 5.74) is 0.415. The lowest BCUT2D eigenvalue weighted by molar-refractivity contribution is -0.137. The molecule has 134 valence electrons. The van der Waals surface area contributed by atoms with Crippen LogP contribution in [0.25, 0.3) is 0 Å². The zero-order valence-corrected chi connectivity index (χ0v) is 14.7. The second kappa shape index (κ2) is 9.22. The highest BCUT2D eigenvalue weighted by molar-refractivity contribution is 6.30. The number of carbonyl (C=O) groups is 3. The van der Waals surface area contributed by atoms with Crippen LogP contribution in [0.15, 0.2) is 36.4 Å². The Labute approximate surface area is 151 Å². The van der Waals surface area contributed by atoms with Crippen LogP contribution in [0, 0.1) is 5.92 Å². The fourth-order valence-corrected chi connectivity index (χ4v) is 2.82. The van der Waals surface area contributed by atoms with E-state index in [9.17, 15) is 14.4 Å². The van der Waals surface area contributed by atoms with E-state index < -0.39 is 12.0 Å². The zero-order valence-electron chi connectivity index (χ0n) is 14.0. The summed E-state index contributed by atoms with van der Waals surface area (Å²) in [4.78, 5) is 35.7. The number of carbonyl (C=O) groups excluding carboxylic acids is 3. The molecule has 0 saturated carbocycles. The van der Waals surface area contributed by atoms with Crippen LogP contribution in [-0.4, -0.2) is 37.0 Å². The molecule has 2 amide bonds. The Morgan fingerprint density at radius 1 is 1.48 bits per heavy atom. The first-order valence-corrected chi connectivity index (χ1v) is 8.56. The summed E-state index contributed by atoms with van der Waals surface area (Å²) in [6.45, 7) is 2.61. The first-order valence-electron chi connectivity index (χ1n) is 8.18. The Kier molecular flexibility index (Phi) is 7.01. The number of rotatable bonds is 7. The van der Waals surface area contributed by atoms with Gasteiger partial charge in [0.1, 0.15) is 0 Å². The van der Waals surface area contributed by atoms with Gasteiger partial charge in [0.05, 0.1) is 6.61 Å². The Morgan fingerprint density at radius 3 is 2.92 bits per heavy atom. The fraction of sp³-hybridized carbons (Fsp3) is 0.389. The summed E-state index contributed by atoms with van der Waals surface area (Å²) in [6.07, 6.45) is 3.95. The van der Waals surface area contributed by atoms with Crippen molar-refractivity contribution in [3.8, 4) is 0 Å². The zero-order chi connectivity index (χ0) is 18.2. The molecule has 0 spiro atoms. The minimum Gasteiger partial charge on any atom is -0.463 e. The minimum absolute atomic E-state index is 0.0356. The third kappa shape index (κ3) is 5.90. The van der Waals surface area contributed by atoms with E-state index in [2.05, 4.69) is 10.6 Å². The van der Waals surface area contributed by atoms with Crippen molar-refractivity contribution in [2.75, 3.05) is 13.2 Å². The third-order valence-corrected chi connectivity index (χ3v) is 4.09. The molecule has 6 nitrogen and oxygen atoms in total. The molecular weight excluding hydrogens is 344 g/mol. The third-order valence-electron chi connectivity index (χ3n) is 3.86. The summed E-state index contributed by atoms with van der Waals surface area (Å²) in [7, 11) is 0. The molecule has 1 fully saturated rings. The van der Waals surface area contributed by atoms with Crippen molar-refractivity contribution in [1.82, 2.24) is 10.6 Å². The van der Waals surface area contributed by atoms with E-state index in [1.807, 2.05) is 0 Å². The van der Waals surface area contributed by atoms with E-state index in [1.54, 1.807) is 37.3 Å². The van der Waals surface area contributed by atoms with Crippen LogP contribution in [0.1, 0.15) is 30.1 Å². The van der Waals surface area contributed by atoms with Gasteiger partial charge in [-0.1, -0.05) is 23.7 Å². The summed E-state index contributed by atoms with van der Waals surface area (Å²) < 4.78 is 4.85. The summed E-state index contributed by atoms with van der Waals surface area (Å²) in [6, 6.07) is 6.11. The molecule has 2 atom stereocenters. The quantitative estimate of drug-likeness (QED) is 0.573. The number of benzene rings is 1. The highest BCUT2D eigenvalue weighted by Gasteiger charge is 2.27. The molecule has 0 unspecified atom stereocenters. The summed E-state index contributed by atoms with van der Waals surface area (Å²) in [5.74, 6) is -1.04. The average molecular weight is 365 g/mol. The van der Waals surface area contributed by atoms with Gasteiger partial charge in [-0.3, -0.25) is 9.59 Å². The second-order valence-electron chi connectivity index (χ2n) is 5.71. The van der Waals surface area contributed by atoms with E-state index in [4.69, 9.17) is 16.3 Å². The smallest absolute Gasteiger partial charge is 0.330 e. The molecule has 25 heavy (non-hydrogen) atoms. The van der Waals surface area contributed by atoms with Gasteiger partial charge in [0.15, 0.2) is 0 Å². The lowest BCUT2D eigenvalue weighted by Gasteiger charge is -2.18. The van der Waals surface area contributed by atoms with Crippen LogP contribution < -0.4 is 10.6 Å². The molecule has 0 aliphatic carbocycles. The Bertz CT molecular complexity index is 675. The van der Waals surface area contributed by atoms with E-state index in [0.29, 0.717) is 30.0 Å². The molecule has 2 rings (SSSR count). The van der Waals surface area contributed by atoms with E-state index >= 15 is 0 Å². The van der Waals surface area contributed by atoms with Crippen LogP contribution in [0.2, 0.25) is 5.02 Å². The van der Waals surface area contributed by atoms with Crippen molar-refractivity contribution < 1.29 is 19.1 Å². The fourth-order valence-electron chi connectivity index (χ4n) is 2.63. The van der Waals surface area contributed by atoms with Gasteiger partial charge in [0, 0.05) is 35.2 Å².